The first-order valence-electron chi connectivity index (χ1n) is 9.31. The molecule has 3 rings (SSSR count). The summed E-state index contributed by atoms with van der Waals surface area (Å²) in [6.45, 7) is 6.12. The molecule has 0 spiro atoms. The molecule has 1 unspecified atom stereocenters. The summed E-state index contributed by atoms with van der Waals surface area (Å²) in [5.74, 6) is 0.185. The van der Waals surface area contributed by atoms with Gasteiger partial charge in [-0.15, -0.1) is 11.3 Å². The van der Waals surface area contributed by atoms with Crippen LogP contribution in [-0.4, -0.2) is 37.0 Å². The Kier molecular flexibility index (Phi) is 6.63. The summed E-state index contributed by atoms with van der Waals surface area (Å²) >= 11 is 1.14. The van der Waals surface area contributed by atoms with E-state index in [-0.39, 0.29) is 5.91 Å². The van der Waals surface area contributed by atoms with Gasteiger partial charge in [-0.3, -0.25) is 9.69 Å². The first-order chi connectivity index (χ1) is 13.0. The second-order valence-electron chi connectivity index (χ2n) is 7.14. The minimum atomic E-state index is -0.419. The second-order valence-corrected chi connectivity index (χ2v) is 8.22. The molecule has 1 aromatic heterocycles. The van der Waals surface area contributed by atoms with E-state index in [1.165, 1.54) is 38.6 Å². The lowest BCUT2D eigenvalue weighted by atomic mass is 9.99. The number of carbonyl (C=O) groups is 2. The molecule has 0 saturated carbocycles. The van der Waals surface area contributed by atoms with E-state index in [0.717, 1.165) is 29.4 Å². The molecule has 1 amide bonds. The number of nitrogens with zero attached hydrogens (tertiary/aromatic N) is 1. The molecule has 1 atom stereocenters. The molecule has 2 aromatic rings. The number of rotatable bonds is 6. The zero-order valence-corrected chi connectivity index (χ0v) is 16.7. The van der Waals surface area contributed by atoms with Gasteiger partial charge in [0.15, 0.2) is 0 Å². The Morgan fingerprint density at radius 2 is 1.85 bits per heavy atom. The van der Waals surface area contributed by atoms with Gasteiger partial charge in [-0.25, -0.2) is 4.79 Å². The quantitative estimate of drug-likeness (QED) is 0.769. The highest BCUT2D eigenvalue weighted by atomic mass is 32.1. The van der Waals surface area contributed by atoms with Crippen LogP contribution >= 0.6 is 11.3 Å². The van der Waals surface area contributed by atoms with E-state index in [2.05, 4.69) is 46.1 Å². The van der Waals surface area contributed by atoms with E-state index in [0.29, 0.717) is 16.3 Å². The maximum Gasteiger partial charge on any atom is 0.348 e. The van der Waals surface area contributed by atoms with Crippen molar-refractivity contribution in [2.24, 2.45) is 5.92 Å². The number of piperidine rings is 1. The Morgan fingerprint density at radius 3 is 2.56 bits per heavy atom. The highest BCUT2D eigenvalue weighted by Gasteiger charge is 2.16. The number of methoxy groups -OCH3 is 1. The molecule has 0 radical (unpaired) electrons. The smallest absolute Gasteiger partial charge is 0.348 e. The van der Waals surface area contributed by atoms with Gasteiger partial charge < -0.3 is 10.1 Å². The number of hydrogen-bond donors (Lipinski definition) is 1. The predicted octanol–water partition coefficient (Wildman–Crippen LogP) is 3.70. The molecule has 2 heterocycles. The summed E-state index contributed by atoms with van der Waals surface area (Å²) in [6, 6.07) is 11.7. The normalized spacial score (nSPS) is 17.5. The molecule has 0 bridgehead atoms. The van der Waals surface area contributed by atoms with E-state index < -0.39 is 5.97 Å². The molecule has 27 heavy (non-hydrogen) atoms. The lowest BCUT2D eigenvalue weighted by Crippen LogP contribution is -2.33. The van der Waals surface area contributed by atoms with Crippen molar-refractivity contribution >= 4 is 23.2 Å². The van der Waals surface area contributed by atoms with Crippen molar-refractivity contribution in [3.63, 3.8) is 0 Å². The highest BCUT2D eigenvalue weighted by Crippen LogP contribution is 2.19. The first-order valence-corrected chi connectivity index (χ1v) is 10.1. The van der Waals surface area contributed by atoms with Gasteiger partial charge in [0.05, 0.1) is 12.0 Å². The van der Waals surface area contributed by atoms with Crippen LogP contribution in [0.15, 0.2) is 36.4 Å². The summed E-state index contributed by atoms with van der Waals surface area (Å²) in [7, 11) is 1.33. The van der Waals surface area contributed by atoms with Gasteiger partial charge in [0.2, 0.25) is 0 Å². The number of carbonyl (C=O) groups excluding carboxylic acids is 2. The standard InChI is InChI=1S/C21H26N2O3S/c1-15-4-3-11-23(13-15)14-17-7-5-16(6-8-17)12-22-20(24)18-9-10-19(27-18)21(25)26-2/h5-10,15H,3-4,11-14H2,1-2H3,(H,22,24). The fourth-order valence-corrected chi connectivity index (χ4v) is 4.23. The zero-order chi connectivity index (χ0) is 19.2. The van der Waals surface area contributed by atoms with Crippen molar-refractivity contribution in [1.82, 2.24) is 10.2 Å². The third-order valence-electron chi connectivity index (χ3n) is 4.84. The maximum atomic E-state index is 12.2. The van der Waals surface area contributed by atoms with Crippen LogP contribution in [0.2, 0.25) is 0 Å². The minimum absolute atomic E-state index is 0.179. The third kappa shape index (κ3) is 5.40. The van der Waals surface area contributed by atoms with Gasteiger partial charge in [0, 0.05) is 19.6 Å². The van der Waals surface area contributed by atoms with Gasteiger partial charge in [0.1, 0.15) is 4.88 Å². The number of nitrogens with one attached hydrogen (secondary N) is 1. The predicted molar refractivity (Wildman–Crippen MR) is 107 cm³/mol. The number of likely N-dealkylation sites (tertiary alicyclic amines) is 1. The first kappa shape index (κ1) is 19.6. The molecule has 0 aliphatic carbocycles. The Morgan fingerprint density at radius 1 is 1.15 bits per heavy atom. The molecule has 1 aliphatic rings. The maximum absolute atomic E-state index is 12.2. The Labute approximate surface area is 164 Å². The number of benzene rings is 1. The largest absolute Gasteiger partial charge is 0.465 e. The second kappa shape index (κ2) is 9.15. The molecule has 1 saturated heterocycles. The van der Waals surface area contributed by atoms with Crippen molar-refractivity contribution in [2.75, 3.05) is 20.2 Å². The van der Waals surface area contributed by atoms with Crippen molar-refractivity contribution in [3.05, 3.63) is 57.3 Å². The number of ether oxygens (including phenoxy) is 1. The van der Waals surface area contributed by atoms with Gasteiger partial charge in [0.25, 0.3) is 5.91 Å². The van der Waals surface area contributed by atoms with E-state index in [1.807, 2.05) is 0 Å². The Bertz CT molecular complexity index is 785. The summed E-state index contributed by atoms with van der Waals surface area (Å²) in [5.41, 5.74) is 2.36. The lowest BCUT2D eigenvalue weighted by Gasteiger charge is -2.30. The van der Waals surface area contributed by atoms with Crippen LogP contribution in [0.1, 0.15) is 50.2 Å². The molecule has 6 heteroatoms. The molecular formula is C21H26N2O3S. The van der Waals surface area contributed by atoms with Gasteiger partial charge in [-0.2, -0.15) is 0 Å². The monoisotopic (exact) mass is 386 g/mol. The highest BCUT2D eigenvalue weighted by molar-refractivity contribution is 7.15. The van der Waals surface area contributed by atoms with Gasteiger partial charge in [-0.05, 0) is 48.6 Å². The lowest BCUT2D eigenvalue weighted by molar-refractivity contribution is 0.0606. The van der Waals surface area contributed by atoms with Crippen LogP contribution in [0.4, 0.5) is 0 Å². The molecule has 144 valence electrons. The van der Waals surface area contributed by atoms with Crippen molar-refractivity contribution in [1.29, 1.82) is 0 Å². The van der Waals surface area contributed by atoms with Crippen LogP contribution in [0.25, 0.3) is 0 Å². The summed E-state index contributed by atoms with van der Waals surface area (Å²) in [5, 5.41) is 2.90. The van der Waals surface area contributed by atoms with Crippen LogP contribution in [0.5, 0.6) is 0 Å². The van der Waals surface area contributed by atoms with Crippen molar-refractivity contribution in [2.45, 2.75) is 32.9 Å². The van der Waals surface area contributed by atoms with Crippen molar-refractivity contribution < 1.29 is 14.3 Å². The van der Waals surface area contributed by atoms with Crippen LogP contribution in [0.3, 0.4) is 0 Å². The SMILES string of the molecule is COC(=O)c1ccc(C(=O)NCc2ccc(CN3CCCC(C)C3)cc2)s1. The van der Waals surface area contributed by atoms with Crippen LogP contribution in [0, 0.1) is 5.92 Å². The average molecular weight is 387 g/mol. The molecule has 1 N–H and O–H groups in total. The fraction of sp³-hybridized carbons (Fsp3) is 0.429. The van der Waals surface area contributed by atoms with E-state index in [4.69, 9.17) is 0 Å². The number of esters is 1. The van der Waals surface area contributed by atoms with E-state index in [9.17, 15) is 9.59 Å². The summed E-state index contributed by atoms with van der Waals surface area (Å²) in [4.78, 5) is 27.2. The molecule has 1 fully saturated rings. The summed E-state index contributed by atoms with van der Waals surface area (Å²) in [6.07, 6.45) is 2.62. The van der Waals surface area contributed by atoms with Gasteiger partial charge in [-0.1, -0.05) is 31.2 Å². The summed E-state index contributed by atoms with van der Waals surface area (Å²) < 4.78 is 4.67. The molecule has 1 aliphatic heterocycles. The Hall–Kier alpha value is -2.18. The van der Waals surface area contributed by atoms with Crippen molar-refractivity contribution in [3.8, 4) is 0 Å². The number of thiophene rings is 1. The zero-order valence-electron chi connectivity index (χ0n) is 15.9. The minimum Gasteiger partial charge on any atom is -0.465 e. The molecule has 5 nitrogen and oxygen atoms in total. The third-order valence-corrected chi connectivity index (χ3v) is 5.90. The number of hydrogen-bond acceptors (Lipinski definition) is 5. The fourth-order valence-electron chi connectivity index (χ4n) is 3.39. The van der Waals surface area contributed by atoms with Crippen LogP contribution in [-0.2, 0) is 17.8 Å². The van der Waals surface area contributed by atoms with Gasteiger partial charge >= 0.3 is 5.97 Å². The van der Waals surface area contributed by atoms with E-state index >= 15 is 0 Å². The molecular weight excluding hydrogens is 360 g/mol. The topological polar surface area (TPSA) is 58.6 Å². The van der Waals surface area contributed by atoms with Crippen LogP contribution < -0.4 is 5.32 Å². The number of amides is 1. The molecule has 1 aromatic carbocycles. The average Bonchev–Trinajstić information content (AvgIpc) is 3.17. The Balaban J connectivity index is 1.50. The van der Waals surface area contributed by atoms with E-state index in [1.54, 1.807) is 12.1 Å².